The van der Waals surface area contributed by atoms with Crippen LogP contribution >= 0.6 is 0 Å². The van der Waals surface area contributed by atoms with Gasteiger partial charge in [-0.3, -0.25) is 4.79 Å². The molecule has 0 radical (unpaired) electrons. The fourth-order valence-electron chi connectivity index (χ4n) is 4.75. The minimum Gasteiger partial charge on any atom is -0.497 e. The van der Waals surface area contributed by atoms with Crippen molar-refractivity contribution in [3.05, 3.63) is 63.9 Å². The lowest BCUT2D eigenvalue weighted by Gasteiger charge is -2.28. The highest BCUT2D eigenvalue weighted by molar-refractivity contribution is 5.81. The second-order valence-electron chi connectivity index (χ2n) is 9.22. The highest BCUT2D eigenvalue weighted by atomic mass is 16.5. The number of H-pyrrole nitrogens is 1. The first-order valence-electron chi connectivity index (χ1n) is 12.5. The van der Waals surface area contributed by atoms with Crippen LogP contribution in [0.5, 0.6) is 17.2 Å². The molecule has 0 atom stereocenters. The van der Waals surface area contributed by atoms with E-state index in [9.17, 15) is 9.59 Å². The molecule has 0 unspecified atom stereocenters. The first kappa shape index (κ1) is 25.4. The van der Waals surface area contributed by atoms with Crippen molar-refractivity contribution in [3.8, 4) is 17.2 Å². The molecule has 36 heavy (non-hydrogen) atoms. The van der Waals surface area contributed by atoms with Crippen molar-refractivity contribution in [1.29, 1.82) is 0 Å². The van der Waals surface area contributed by atoms with Crippen molar-refractivity contribution in [2.75, 3.05) is 27.9 Å². The zero-order chi connectivity index (χ0) is 25.5. The predicted octanol–water partition coefficient (Wildman–Crippen LogP) is 4.64. The molecular weight excluding hydrogens is 458 g/mol. The average Bonchev–Trinajstić information content (AvgIpc) is 2.91. The minimum absolute atomic E-state index is 0.146. The van der Waals surface area contributed by atoms with Crippen LogP contribution in [0.3, 0.4) is 0 Å². The summed E-state index contributed by atoms with van der Waals surface area (Å²) in [6, 6.07) is 13.1. The molecule has 1 fully saturated rings. The van der Waals surface area contributed by atoms with Crippen LogP contribution in [0, 0.1) is 0 Å². The van der Waals surface area contributed by atoms with Crippen molar-refractivity contribution in [2.24, 2.45) is 0 Å². The molecule has 1 aliphatic carbocycles. The fraction of sp³-hybridized carbons (Fsp3) is 0.429. The van der Waals surface area contributed by atoms with E-state index in [1.807, 2.05) is 42.5 Å². The van der Waals surface area contributed by atoms with Gasteiger partial charge in [0.05, 0.1) is 27.9 Å². The monoisotopic (exact) mass is 493 g/mol. The van der Waals surface area contributed by atoms with Crippen LogP contribution < -0.4 is 25.1 Å². The maximum Gasteiger partial charge on any atom is 0.317 e. The molecule has 1 heterocycles. The number of amides is 2. The summed E-state index contributed by atoms with van der Waals surface area (Å²) in [5, 5.41) is 4.06. The van der Waals surface area contributed by atoms with E-state index in [4.69, 9.17) is 14.2 Å². The zero-order valence-electron chi connectivity index (χ0n) is 21.3. The SMILES string of the molecule is COc1ccc2[nH]c(=O)c(CN(CCc3ccc(OC)c(OC)c3)C(=O)NC3CCCCC3)cc2c1. The lowest BCUT2D eigenvalue weighted by atomic mass is 9.96. The molecule has 3 aromatic rings. The largest absolute Gasteiger partial charge is 0.497 e. The maximum atomic E-state index is 13.4. The molecule has 4 rings (SSSR count). The summed E-state index contributed by atoms with van der Waals surface area (Å²) in [6.07, 6.45) is 6.06. The van der Waals surface area contributed by atoms with Gasteiger partial charge in [-0.1, -0.05) is 25.3 Å². The number of hydrogen-bond donors (Lipinski definition) is 2. The van der Waals surface area contributed by atoms with E-state index in [0.717, 1.165) is 42.1 Å². The lowest BCUT2D eigenvalue weighted by Crippen LogP contribution is -2.46. The molecule has 1 saturated carbocycles. The van der Waals surface area contributed by atoms with Crippen LogP contribution in [0.25, 0.3) is 10.9 Å². The van der Waals surface area contributed by atoms with Gasteiger partial charge in [0.2, 0.25) is 0 Å². The summed E-state index contributed by atoms with van der Waals surface area (Å²) < 4.78 is 16.1. The van der Waals surface area contributed by atoms with Crippen LogP contribution in [0.2, 0.25) is 0 Å². The third kappa shape index (κ3) is 6.11. The van der Waals surface area contributed by atoms with Gasteiger partial charge in [0.1, 0.15) is 5.75 Å². The Hall–Kier alpha value is -3.68. The van der Waals surface area contributed by atoms with Crippen molar-refractivity contribution in [1.82, 2.24) is 15.2 Å². The summed E-state index contributed by atoms with van der Waals surface area (Å²) in [5.74, 6) is 2.01. The normalized spacial score (nSPS) is 13.9. The lowest BCUT2D eigenvalue weighted by molar-refractivity contribution is 0.187. The van der Waals surface area contributed by atoms with Crippen molar-refractivity contribution >= 4 is 16.9 Å². The van der Waals surface area contributed by atoms with Crippen molar-refractivity contribution < 1.29 is 19.0 Å². The Morgan fingerprint density at radius 1 is 0.972 bits per heavy atom. The van der Waals surface area contributed by atoms with Crippen LogP contribution in [-0.2, 0) is 13.0 Å². The first-order valence-corrected chi connectivity index (χ1v) is 12.5. The van der Waals surface area contributed by atoms with E-state index in [0.29, 0.717) is 35.8 Å². The molecule has 1 aromatic heterocycles. The van der Waals surface area contributed by atoms with Gasteiger partial charge in [-0.25, -0.2) is 4.79 Å². The Bertz CT molecular complexity index is 1250. The molecule has 0 spiro atoms. The van der Waals surface area contributed by atoms with E-state index < -0.39 is 0 Å². The standard InChI is InChI=1S/C28H35N3O5/c1-34-23-10-11-24-20(17-23)16-21(27(32)30-24)18-31(28(33)29-22-7-5-4-6-8-22)14-13-19-9-12-25(35-2)26(15-19)36-3/h9-12,15-17,22H,4-8,13-14,18H2,1-3H3,(H,29,33)(H,30,32). The molecule has 0 saturated heterocycles. The minimum atomic E-state index is -0.200. The number of ether oxygens (including phenoxy) is 3. The number of aromatic nitrogens is 1. The van der Waals surface area contributed by atoms with Crippen molar-refractivity contribution in [3.63, 3.8) is 0 Å². The molecule has 192 valence electrons. The van der Waals surface area contributed by atoms with Gasteiger partial charge in [-0.2, -0.15) is 0 Å². The number of methoxy groups -OCH3 is 3. The summed E-state index contributed by atoms with van der Waals surface area (Å²) in [7, 11) is 4.82. The zero-order valence-corrected chi connectivity index (χ0v) is 21.3. The molecule has 0 bridgehead atoms. The second-order valence-corrected chi connectivity index (χ2v) is 9.22. The molecule has 1 aliphatic rings. The molecule has 8 heteroatoms. The Balaban J connectivity index is 1.57. The number of nitrogens with zero attached hydrogens (tertiary/aromatic N) is 1. The van der Waals surface area contributed by atoms with Gasteiger partial charge < -0.3 is 29.4 Å². The quantitative estimate of drug-likeness (QED) is 0.453. The molecule has 2 aromatic carbocycles. The number of nitrogens with one attached hydrogen (secondary N) is 2. The first-order chi connectivity index (χ1) is 17.5. The number of urea groups is 1. The van der Waals surface area contributed by atoms with Crippen molar-refractivity contribution in [2.45, 2.75) is 51.1 Å². The van der Waals surface area contributed by atoms with Crippen LogP contribution in [0.15, 0.2) is 47.3 Å². The Labute approximate surface area is 211 Å². The number of rotatable bonds is 9. The maximum absolute atomic E-state index is 13.4. The third-order valence-electron chi connectivity index (χ3n) is 6.83. The van der Waals surface area contributed by atoms with Crippen LogP contribution in [0.4, 0.5) is 4.79 Å². The van der Waals surface area contributed by atoms with E-state index in [1.54, 1.807) is 26.2 Å². The van der Waals surface area contributed by atoms with Crippen LogP contribution in [0.1, 0.15) is 43.2 Å². The Morgan fingerprint density at radius 2 is 1.75 bits per heavy atom. The molecule has 8 nitrogen and oxygen atoms in total. The highest BCUT2D eigenvalue weighted by Gasteiger charge is 2.21. The van der Waals surface area contributed by atoms with Gasteiger partial charge in [0, 0.05) is 29.1 Å². The summed E-state index contributed by atoms with van der Waals surface area (Å²) in [6.45, 7) is 0.651. The molecule has 0 aliphatic heterocycles. The van der Waals surface area contributed by atoms with E-state index in [-0.39, 0.29) is 24.2 Å². The fourth-order valence-corrected chi connectivity index (χ4v) is 4.75. The van der Waals surface area contributed by atoms with E-state index in [1.165, 1.54) is 6.42 Å². The topological polar surface area (TPSA) is 92.9 Å². The van der Waals surface area contributed by atoms with Gasteiger partial charge in [0.15, 0.2) is 11.5 Å². The number of hydrogen-bond acceptors (Lipinski definition) is 5. The number of fused-ring (bicyclic) bond motifs is 1. The van der Waals surface area contributed by atoms with Gasteiger partial charge in [-0.15, -0.1) is 0 Å². The number of aromatic amines is 1. The van der Waals surface area contributed by atoms with Crippen LogP contribution in [-0.4, -0.2) is 49.8 Å². The Kier molecular flexibility index (Phi) is 8.36. The molecule has 2 N–H and O–H groups in total. The number of pyridine rings is 1. The summed E-state index contributed by atoms with van der Waals surface area (Å²) >= 11 is 0. The number of benzene rings is 2. The highest BCUT2D eigenvalue weighted by Crippen LogP contribution is 2.28. The third-order valence-corrected chi connectivity index (χ3v) is 6.83. The van der Waals surface area contributed by atoms with Gasteiger partial charge >= 0.3 is 6.03 Å². The summed E-state index contributed by atoms with van der Waals surface area (Å²) in [5.41, 5.74) is 2.07. The molecule has 2 amide bonds. The Morgan fingerprint density at radius 3 is 2.47 bits per heavy atom. The van der Waals surface area contributed by atoms with E-state index in [2.05, 4.69) is 10.3 Å². The number of carbonyl (C=O) groups is 1. The average molecular weight is 494 g/mol. The van der Waals surface area contributed by atoms with E-state index >= 15 is 0 Å². The number of carbonyl (C=O) groups excluding carboxylic acids is 1. The summed E-state index contributed by atoms with van der Waals surface area (Å²) in [4.78, 5) is 30.9. The van der Waals surface area contributed by atoms with Gasteiger partial charge in [-0.05, 0) is 61.2 Å². The smallest absolute Gasteiger partial charge is 0.317 e. The predicted molar refractivity (Wildman–Crippen MR) is 140 cm³/mol. The van der Waals surface area contributed by atoms with Gasteiger partial charge in [0.25, 0.3) is 5.56 Å². The molecular formula is C28H35N3O5. The second kappa shape index (κ2) is 11.8.